The topological polar surface area (TPSA) is 59.8 Å². The van der Waals surface area contributed by atoms with Gasteiger partial charge in [-0.15, -0.1) is 10.2 Å². The first kappa shape index (κ1) is 19.7. The Morgan fingerprint density at radius 1 is 1.22 bits per heavy atom. The molecule has 1 aromatic heterocycles. The zero-order valence-electron chi connectivity index (χ0n) is 14.8. The summed E-state index contributed by atoms with van der Waals surface area (Å²) in [7, 11) is 0. The molecule has 0 saturated carbocycles. The van der Waals surface area contributed by atoms with E-state index < -0.39 is 0 Å². The predicted molar refractivity (Wildman–Crippen MR) is 110 cm³/mol. The van der Waals surface area contributed by atoms with Crippen molar-refractivity contribution in [3.63, 3.8) is 0 Å². The lowest BCUT2D eigenvalue weighted by atomic mass is 10.1. The van der Waals surface area contributed by atoms with Crippen molar-refractivity contribution in [1.29, 1.82) is 0 Å². The van der Waals surface area contributed by atoms with Gasteiger partial charge in [0.05, 0.1) is 17.5 Å². The maximum Gasteiger partial charge on any atom is 0.230 e. The molecule has 5 nitrogen and oxygen atoms in total. The molecule has 0 radical (unpaired) electrons. The van der Waals surface area contributed by atoms with E-state index in [1.54, 1.807) is 6.33 Å². The fourth-order valence-corrected chi connectivity index (χ4v) is 3.52. The minimum atomic E-state index is -0.107. The number of nitrogens with one attached hydrogen (secondary N) is 1. The number of amides is 1. The van der Waals surface area contributed by atoms with Crippen LogP contribution in [0, 0.1) is 6.92 Å². The van der Waals surface area contributed by atoms with Gasteiger partial charge in [-0.25, -0.2) is 0 Å². The van der Waals surface area contributed by atoms with Crippen LogP contribution in [0.3, 0.4) is 0 Å². The van der Waals surface area contributed by atoms with Gasteiger partial charge < -0.3 is 5.32 Å². The molecule has 1 heterocycles. The number of hydrogen-bond donors (Lipinski definition) is 1. The van der Waals surface area contributed by atoms with E-state index in [4.69, 9.17) is 23.2 Å². The molecular weight excluding hydrogens is 403 g/mol. The smallest absolute Gasteiger partial charge is 0.230 e. The van der Waals surface area contributed by atoms with Crippen molar-refractivity contribution in [1.82, 2.24) is 20.1 Å². The summed E-state index contributed by atoms with van der Waals surface area (Å²) in [6.45, 7) is 3.88. The molecule has 0 bridgehead atoms. The molecule has 0 unspecified atom stereocenters. The monoisotopic (exact) mass is 420 g/mol. The Morgan fingerprint density at radius 2 is 1.96 bits per heavy atom. The summed E-state index contributed by atoms with van der Waals surface area (Å²) in [5.41, 5.74) is 2.85. The lowest BCUT2D eigenvalue weighted by Crippen LogP contribution is -2.28. The predicted octanol–water partition coefficient (Wildman–Crippen LogP) is 4.85. The molecule has 0 fully saturated rings. The maximum atomic E-state index is 12.3. The fourth-order valence-electron chi connectivity index (χ4n) is 2.48. The second kappa shape index (κ2) is 8.78. The molecule has 1 N–H and O–H groups in total. The molecule has 2 aromatic carbocycles. The Hall–Kier alpha value is -2.02. The molecule has 140 valence electrons. The molecular formula is C19H18Cl2N4OS. The number of carbonyl (C=O) groups excluding carboxylic acids is 1. The second-order valence-electron chi connectivity index (χ2n) is 6.05. The molecule has 3 aromatic rings. The highest BCUT2D eigenvalue weighted by molar-refractivity contribution is 7.99. The Labute approximate surface area is 172 Å². The van der Waals surface area contributed by atoms with Crippen molar-refractivity contribution in [3.05, 3.63) is 70.0 Å². The molecule has 27 heavy (non-hydrogen) atoms. The third-order valence-electron chi connectivity index (χ3n) is 4.03. The Morgan fingerprint density at radius 3 is 2.67 bits per heavy atom. The number of aryl methyl sites for hydroxylation is 1. The van der Waals surface area contributed by atoms with Crippen LogP contribution in [0.15, 0.2) is 53.9 Å². The Bertz CT molecular complexity index is 943. The van der Waals surface area contributed by atoms with Crippen molar-refractivity contribution in [2.75, 3.05) is 5.75 Å². The van der Waals surface area contributed by atoms with E-state index in [9.17, 15) is 4.79 Å². The maximum absolute atomic E-state index is 12.3. The lowest BCUT2D eigenvalue weighted by Gasteiger charge is -2.14. The minimum Gasteiger partial charge on any atom is -0.349 e. The number of carbonyl (C=O) groups is 1. The first-order chi connectivity index (χ1) is 12.9. The summed E-state index contributed by atoms with van der Waals surface area (Å²) in [5, 5.41) is 13.0. The van der Waals surface area contributed by atoms with E-state index >= 15 is 0 Å². The van der Waals surface area contributed by atoms with E-state index in [1.807, 2.05) is 60.9 Å². The van der Waals surface area contributed by atoms with Crippen LogP contribution in [0.25, 0.3) is 5.69 Å². The summed E-state index contributed by atoms with van der Waals surface area (Å²) in [6.07, 6.45) is 1.61. The van der Waals surface area contributed by atoms with Gasteiger partial charge in [0.25, 0.3) is 0 Å². The first-order valence-electron chi connectivity index (χ1n) is 8.28. The van der Waals surface area contributed by atoms with E-state index in [2.05, 4.69) is 15.5 Å². The average Bonchev–Trinajstić information content (AvgIpc) is 3.11. The van der Waals surface area contributed by atoms with Crippen LogP contribution in [-0.2, 0) is 4.79 Å². The van der Waals surface area contributed by atoms with Crippen LogP contribution in [-0.4, -0.2) is 26.4 Å². The van der Waals surface area contributed by atoms with Gasteiger partial charge in [-0.05, 0) is 49.2 Å². The zero-order valence-corrected chi connectivity index (χ0v) is 17.1. The highest BCUT2D eigenvalue weighted by Gasteiger charge is 2.13. The van der Waals surface area contributed by atoms with Crippen LogP contribution >= 0.6 is 35.0 Å². The van der Waals surface area contributed by atoms with E-state index in [0.717, 1.165) is 16.8 Å². The summed E-state index contributed by atoms with van der Waals surface area (Å²) >= 11 is 13.4. The van der Waals surface area contributed by atoms with E-state index in [1.165, 1.54) is 11.8 Å². The standard InChI is InChI=1S/C19H18Cl2N4OS/c1-12-3-8-16(9-17(12)21)25-11-22-24-19(25)27-10-18(26)23-13(2)14-4-6-15(20)7-5-14/h3-9,11,13H,10H2,1-2H3,(H,23,26)/t13-/m1/s1. The highest BCUT2D eigenvalue weighted by atomic mass is 35.5. The average molecular weight is 421 g/mol. The number of benzene rings is 2. The zero-order chi connectivity index (χ0) is 19.4. The van der Waals surface area contributed by atoms with Gasteiger partial charge in [-0.3, -0.25) is 9.36 Å². The van der Waals surface area contributed by atoms with Crippen LogP contribution in [0.2, 0.25) is 10.0 Å². The molecule has 0 aliphatic heterocycles. The number of halogens is 2. The Kier molecular flexibility index (Phi) is 6.42. The molecule has 0 spiro atoms. The van der Waals surface area contributed by atoms with E-state index in [0.29, 0.717) is 15.2 Å². The summed E-state index contributed by atoms with van der Waals surface area (Å²) in [5.74, 6) is 0.148. The van der Waals surface area contributed by atoms with Crippen LogP contribution < -0.4 is 5.32 Å². The third kappa shape index (κ3) is 5.03. The molecule has 1 atom stereocenters. The molecule has 0 aliphatic carbocycles. The summed E-state index contributed by atoms with van der Waals surface area (Å²) in [4.78, 5) is 12.3. The van der Waals surface area contributed by atoms with Gasteiger partial charge in [0, 0.05) is 10.0 Å². The molecule has 1 amide bonds. The SMILES string of the molecule is Cc1ccc(-n2cnnc2SCC(=O)N[C@H](C)c2ccc(Cl)cc2)cc1Cl. The van der Waals surface area contributed by atoms with Crippen LogP contribution in [0.4, 0.5) is 0 Å². The molecule has 0 aliphatic rings. The second-order valence-corrected chi connectivity index (χ2v) is 7.83. The van der Waals surface area contributed by atoms with Gasteiger partial charge >= 0.3 is 0 Å². The number of rotatable bonds is 6. The van der Waals surface area contributed by atoms with Gasteiger partial charge in [0.1, 0.15) is 6.33 Å². The lowest BCUT2D eigenvalue weighted by molar-refractivity contribution is -0.119. The Balaban J connectivity index is 1.62. The van der Waals surface area contributed by atoms with Crippen molar-refractivity contribution in [2.45, 2.75) is 25.0 Å². The van der Waals surface area contributed by atoms with Gasteiger partial charge in [-0.1, -0.05) is 53.2 Å². The highest BCUT2D eigenvalue weighted by Crippen LogP contribution is 2.24. The molecule has 0 saturated heterocycles. The molecule has 3 rings (SSSR count). The van der Waals surface area contributed by atoms with Crippen LogP contribution in [0.1, 0.15) is 24.1 Å². The summed E-state index contributed by atoms with van der Waals surface area (Å²) < 4.78 is 1.81. The number of thioether (sulfide) groups is 1. The van der Waals surface area contributed by atoms with Gasteiger partial charge in [-0.2, -0.15) is 0 Å². The van der Waals surface area contributed by atoms with Gasteiger partial charge in [0.2, 0.25) is 5.91 Å². The number of hydrogen-bond acceptors (Lipinski definition) is 4. The minimum absolute atomic E-state index is 0.0843. The first-order valence-corrected chi connectivity index (χ1v) is 10.0. The van der Waals surface area contributed by atoms with Crippen molar-refractivity contribution >= 4 is 40.9 Å². The van der Waals surface area contributed by atoms with Crippen molar-refractivity contribution < 1.29 is 4.79 Å². The fraction of sp³-hybridized carbons (Fsp3) is 0.211. The largest absolute Gasteiger partial charge is 0.349 e. The van der Waals surface area contributed by atoms with Gasteiger partial charge in [0.15, 0.2) is 5.16 Å². The van der Waals surface area contributed by atoms with Crippen molar-refractivity contribution in [3.8, 4) is 5.69 Å². The quantitative estimate of drug-likeness (QED) is 0.578. The molecule has 8 heteroatoms. The number of nitrogens with zero attached hydrogens (tertiary/aromatic N) is 3. The normalized spacial score (nSPS) is 12.0. The third-order valence-corrected chi connectivity index (χ3v) is 5.63. The van der Waals surface area contributed by atoms with E-state index in [-0.39, 0.29) is 17.7 Å². The summed E-state index contributed by atoms with van der Waals surface area (Å²) in [6, 6.07) is 13.0. The van der Waals surface area contributed by atoms with Crippen molar-refractivity contribution in [2.24, 2.45) is 0 Å². The van der Waals surface area contributed by atoms with Crippen LogP contribution in [0.5, 0.6) is 0 Å². The number of aromatic nitrogens is 3.